The number of ether oxygens (including phenoxy) is 2. The first-order valence-electron chi connectivity index (χ1n) is 7.77. The minimum atomic E-state index is 0.00585. The Labute approximate surface area is 121 Å². The van der Waals surface area contributed by atoms with Crippen LogP contribution in [-0.2, 0) is 9.47 Å². The predicted molar refractivity (Wildman–Crippen MR) is 80.0 cm³/mol. The SMILES string of the molecule is CC(CNC1CCOC2(CCOC2)C1)c1ccccc1. The standard InChI is InChI=1S/C17H25NO2/c1-14(15-5-3-2-4-6-15)12-18-16-7-9-20-17(11-16)8-10-19-13-17/h2-6,14,16,18H,7-13H2,1H3. The Kier molecular flexibility index (Phi) is 4.39. The molecule has 3 unspecified atom stereocenters. The van der Waals surface area contributed by atoms with Gasteiger partial charge in [-0.05, 0) is 24.3 Å². The van der Waals surface area contributed by atoms with Gasteiger partial charge in [0, 0.05) is 32.2 Å². The molecule has 3 atom stereocenters. The van der Waals surface area contributed by atoms with Gasteiger partial charge in [-0.25, -0.2) is 0 Å². The van der Waals surface area contributed by atoms with Crippen molar-refractivity contribution in [3.8, 4) is 0 Å². The summed E-state index contributed by atoms with van der Waals surface area (Å²) in [7, 11) is 0. The van der Waals surface area contributed by atoms with Gasteiger partial charge in [-0.15, -0.1) is 0 Å². The molecule has 0 aliphatic carbocycles. The molecule has 2 aliphatic rings. The highest BCUT2D eigenvalue weighted by Crippen LogP contribution is 2.32. The number of hydrogen-bond acceptors (Lipinski definition) is 3. The van der Waals surface area contributed by atoms with Crippen LogP contribution in [0.4, 0.5) is 0 Å². The number of nitrogens with one attached hydrogen (secondary N) is 1. The number of hydrogen-bond donors (Lipinski definition) is 1. The van der Waals surface area contributed by atoms with E-state index < -0.39 is 0 Å². The highest BCUT2D eigenvalue weighted by Gasteiger charge is 2.40. The van der Waals surface area contributed by atoms with E-state index >= 15 is 0 Å². The van der Waals surface area contributed by atoms with Crippen LogP contribution >= 0.6 is 0 Å². The molecule has 0 radical (unpaired) electrons. The van der Waals surface area contributed by atoms with Crippen LogP contribution < -0.4 is 5.32 Å². The summed E-state index contributed by atoms with van der Waals surface area (Å²) >= 11 is 0. The number of rotatable bonds is 4. The highest BCUT2D eigenvalue weighted by molar-refractivity contribution is 5.19. The Balaban J connectivity index is 1.51. The average Bonchev–Trinajstić information content (AvgIpc) is 2.93. The zero-order valence-corrected chi connectivity index (χ0v) is 12.3. The van der Waals surface area contributed by atoms with Gasteiger partial charge in [-0.1, -0.05) is 37.3 Å². The molecule has 2 aliphatic heterocycles. The summed E-state index contributed by atoms with van der Waals surface area (Å²) < 4.78 is 11.5. The Morgan fingerprint density at radius 1 is 1.30 bits per heavy atom. The highest BCUT2D eigenvalue weighted by atomic mass is 16.6. The van der Waals surface area contributed by atoms with E-state index in [1.807, 2.05) is 0 Å². The van der Waals surface area contributed by atoms with Gasteiger partial charge >= 0.3 is 0 Å². The van der Waals surface area contributed by atoms with E-state index in [2.05, 4.69) is 42.6 Å². The second-order valence-electron chi connectivity index (χ2n) is 6.24. The van der Waals surface area contributed by atoms with Crippen molar-refractivity contribution in [2.75, 3.05) is 26.4 Å². The van der Waals surface area contributed by atoms with E-state index in [-0.39, 0.29) is 5.60 Å². The van der Waals surface area contributed by atoms with Crippen LogP contribution in [0, 0.1) is 0 Å². The molecular formula is C17H25NO2. The van der Waals surface area contributed by atoms with Crippen molar-refractivity contribution in [1.82, 2.24) is 5.32 Å². The molecule has 2 heterocycles. The Morgan fingerprint density at radius 2 is 2.15 bits per heavy atom. The van der Waals surface area contributed by atoms with Crippen LogP contribution in [0.1, 0.15) is 37.7 Å². The number of benzene rings is 1. The molecule has 0 amide bonds. The van der Waals surface area contributed by atoms with Crippen molar-refractivity contribution in [3.05, 3.63) is 35.9 Å². The zero-order chi connectivity index (χ0) is 13.8. The van der Waals surface area contributed by atoms with Crippen LogP contribution in [0.3, 0.4) is 0 Å². The maximum atomic E-state index is 5.98. The van der Waals surface area contributed by atoms with Gasteiger partial charge in [0.05, 0.1) is 12.2 Å². The second-order valence-corrected chi connectivity index (χ2v) is 6.24. The molecule has 1 aromatic carbocycles. The van der Waals surface area contributed by atoms with E-state index in [1.54, 1.807) is 0 Å². The average molecular weight is 275 g/mol. The van der Waals surface area contributed by atoms with E-state index in [4.69, 9.17) is 9.47 Å². The van der Waals surface area contributed by atoms with Crippen molar-refractivity contribution >= 4 is 0 Å². The molecule has 3 heteroatoms. The second kappa shape index (κ2) is 6.25. The van der Waals surface area contributed by atoms with Crippen molar-refractivity contribution in [1.29, 1.82) is 0 Å². The van der Waals surface area contributed by atoms with Gasteiger partial charge in [-0.3, -0.25) is 0 Å². The van der Waals surface area contributed by atoms with Crippen molar-refractivity contribution in [2.24, 2.45) is 0 Å². The molecule has 0 bridgehead atoms. The van der Waals surface area contributed by atoms with Crippen molar-refractivity contribution in [2.45, 2.75) is 43.7 Å². The molecule has 1 N–H and O–H groups in total. The van der Waals surface area contributed by atoms with Gasteiger partial charge in [0.25, 0.3) is 0 Å². The van der Waals surface area contributed by atoms with Crippen molar-refractivity contribution in [3.63, 3.8) is 0 Å². The normalized spacial score (nSPS) is 31.6. The zero-order valence-electron chi connectivity index (χ0n) is 12.3. The topological polar surface area (TPSA) is 30.5 Å². The van der Waals surface area contributed by atoms with Crippen LogP contribution in [-0.4, -0.2) is 38.0 Å². The minimum Gasteiger partial charge on any atom is -0.378 e. The van der Waals surface area contributed by atoms with Gasteiger partial charge in [0.2, 0.25) is 0 Å². The van der Waals surface area contributed by atoms with E-state index in [1.165, 1.54) is 5.56 Å². The van der Waals surface area contributed by atoms with Crippen LogP contribution in [0.25, 0.3) is 0 Å². The quantitative estimate of drug-likeness (QED) is 0.916. The fraction of sp³-hybridized carbons (Fsp3) is 0.647. The first kappa shape index (κ1) is 14.1. The molecule has 0 aromatic heterocycles. The lowest BCUT2D eigenvalue weighted by Gasteiger charge is -2.37. The summed E-state index contributed by atoms with van der Waals surface area (Å²) in [5, 5.41) is 3.74. The summed E-state index contributed by atoms with van der Waals surface area (Å²) in [4.78, 5) is 0. The van der Waals surface area contributed by atoms with Gasteiger partial charge in [0.1, 0.15) is 0 Å². The summed E-state index contributed by atoms with van der Waals surface area (Å²) in [6, 6.07) is 11.3. The first-order chi connectivity index (χ1) is 9.77. The lowest BCUT2D eigenvalue weighted by Crippen LogP contribution is -2.48. The molecule has 3 nitrogen and oxygen atoms in total. The van der Waals surface area contributed by atoms with Crippen LogP contribution in [0.5, 0.6) is 0 Å². The summed E-state index contributed by atoms with van der Waals surface area (Å²) in [6.45, 7) is 5.81. The Morgan fingerprint density at radius 3 is 2.90 bits per heavy atom. The van der Waals surface area contributed by atoms with Crippen LogP contribution in [0.15, 0.2) is 30.3 Å². The smallest absolute Gasteiger partial charge is 0.0951 e. The first-order valence-corrected chi connectivity index (χ1v) is 7.77. The Bertz CT molecular complexity index is 414. The van der Waals surface area contributed by atoms with E-state index in [0.717, 1.165) is 45.6 Å². The lowest BCUT2D eigenvalue weighted by atomic mass is 9.89. The maximum absolute atomic E-state index is 5.98. The molecule has 20 heavy (non-hydrogen) atoms. The Hall–Kier alpha value is -0.900. The minimum absolute atomic E-state index is 0.00585. The molecule has 2 saturated heterocycles. The molecule has 1 spiro atoms. The molecule has 2 fully saturated rings. The van der Waals surface area contributed by atoms with Gasteiger partial charge in [0.15, 0.2) is 0 Å². The fourth-order valence-electron chi connectivity index (χ4n) is 3.31. The third kappa shape index (κ3) is 3.22. The monoisotopic (exact) mass is 275 g/mol. The molecule has 0 saturated carbocycles. The van der Waals surface area contributed by atoms with E-state index in [0.29, 0.717) is 12.0 Å². The van der Waals surface area contributed by atoms with Crippen LogP contribution in [0.2, 0.25) is 0 Å². The predicted octanol–water partition coefficient (Wildman–Crippen LogP) is 2.72. The third-order valence-corrected chi connectivity index (χ3v) is 4.64. The molecule has 1 aromatic rings. The summed E-state index contributed by atoms with van der Waals surface area (Å²) in [5.74, 6) is 0.551. The largest absolute Gasteiger partial charge is 0.378 e. The molecule has 110 valence electrons. The van der Waals surface area contributed by atoms with Gasteiger partial charge < -0.3 is 14.8 Å². The van der Waals surface area contributed by atoms with Crippen molar-refractivity contribution < 1.29 is 9.47 Å². The molecule has 3 rings (SSSR count). The summed E-state index contributed by atoms with van der Waals surface area (Å²) in [6.07, 6.45) is 3.26. The lowest BCUT2D eigenvalue weighted by molar-refractivity contribution is -0.0893. The summed E-state index contributed by atoms with van der Waals surface area (Å²) in [5.41, 5.74) is 1.41. The third-order valence-electron chi connectivity index (χ3n) is 4.64. The molecular weight excluding hydrogens is 250 g/mol. The fourth-order valence-corrected chi connectivity index (χ4v) is 3.31. The van der Waals surface area contributed by atoms with E-state index in [9.17, 15) is 0 Å². The van der Waals surface area contributed by atoms with Gasteiger partial charge in [-0.2, -0.15) is 0 Å². The maximum Gasteiger partial charge on any atom is 0.0951 e.